The van der Waals surface area contributed by atoms with E-state index in [-0.39, 0.29) is 6.04 Å². The molecular weight excluding hydrogens is 226 g/mol. The van der Waals surface area contributed by atoms with Crippen molar-refractivity contribution >= 4 is 10.2 Å². The van der Waals surface area contributed by atoms with E-state index in [1.807, 2.05) is 0 Å². The normalized spacial score (nSPS) is 28.2. The van der Waals surface area contributed by atoms with Crippen LogP contribution in [0.15, 0.2) is 0 Å². The minimum absolute atomic E-state index is 0.199. The Morgan fingerprint density at radius 3 is 2.62 bits per heavy atom. The molecule has 0 bridgehead atoms. The summed E-state index contributed by atoms with van der Waals surface area (Å²) in [6.07, 6.45) is 4.00. The zero-order valence-electron chi connectivity index (χ0n) is 9.78. The van der Waals surface area contributed by atoms with Crippen LogP contribution >= 0.6 is 0 Å². The van der Waals surface area contributed by atoms with Gasteiger partial charge in [0, 0.05) is 25.2 Å². The van der Waals surface area contributed by atoms with Crippen LogP contribution in [0.5, 0.6) is 0 Å². The summed E-state index contributed by atoms with van der Waals surface area (Å²) in [5.41, 5.74) is 0. The van der Waals surface area contributed by atoms with E-state index in [2.05, 4.69) is 17.0 Å². The van der Waals surface area contributed by atoms with Crippen molar-refractivity contribution in [3.63, 3.8) is 0 Å². The maximum atomic E-state index is 12.0. The first-order valence-electron chi connectivity index (χ1n) is 6.12. The van der Waals surface area contributed by atoms with E-state index < -0.39 is 10.2 Å². The topological polar surface area (TPSA) is 61.4 Å². The molecule has 1 unspecified atom stereocenters. The molecule has 1 aliphatic carbocycles. The third-order valence-electron chi connectivity index (χ3n) is 3.11. The summed E-state index contributed by atoms with van der Waals surface area (Å²) in [5, 5.41) is 3.32. The Morgan fingerprint density at radius 2 is 2.00 bits per heavy atom. The van der Waals surface area contributed by atoms with Crippen LogP contribution in [-0.2, 0) is 10.2 Å². The highest BCUT2D eigenvalue weighted by Crippen LogP contribution is 2.22. The molecule has 1 aliphatic heterocycles. The molecule has 1 saturated heterocycles. The van der Waals surface area contributed by atoms with Crippen molar-refractivity contribution in [1.29, 1.82) is 0 Å². The molecule has 1 saturated carbocycles. The number of rotatable bonds is 5. The largest absolute Gasteiger partial charge is 0.313 e. The molecule has 94 valence electrons. The molecule has 5 nitrogen and oxygen atoms in total. The molecule has 6 heteroatoms. The fourth-order valence-corrected chi connectivity index (χ4v) is 3.65. The molecule has 0 aromatic heterocycles. The number of likely N-dealkylation sites (N-methyl/N-ethyl adjacent to an activating group) is 1. The average molecular weight is 247 g/mol. The fraction of sp³-hybridized carbons (Fsp3) is 1.00. The van der Waals surface area contributed by atoms with Gasteiger partial charge in [-0.15, -0.1) is 0 Å². The molecule has 0 aromatic carbocycles. The third kappa shape index (κ3) is 3.16. The van der Waals surface area contributed by atoms with Gasteiger partial charge in [-0.2, -0.15) is 17.4 Å². The first-order chi connectivity index (χ1) is 7.62. The van der Waals surface area contributed by atoms with Gasteiger partial charge in [0.2, 0.25) is 0 Å². The second-order valence-electron chi connectivity index (χ2n) is 4.65. The maximum absolute atomic E-state index is 12.0. The Labute approximate surface area is 97.8 Å². The molecule has 2 rings (SSSR count). The van der Waals surface area contributed by atoms with Gasteiger partial charge >= 0.3 is 0 Å². The molecule has 16 heavy (non-hydrogen) atoms. The van der Waals surface area contributed by atoms with Gasteiger partial charge in [0.05, 0.1) is 0 Å². The average Bonchev–Trinajstić information content (AvgIpc) is 3.02. The minimum atomic E-state index is -3.23. The zero-order valence-corrected chi connectivity index (χ0v) is 10.6. The van der Waals surface area contributed by atoms with Gasteiger partial charge in [-0.05, 0) is 32.2 Å². The first-order valence-corrected chi connectivity index (χ1v) is 7.56. The standard InChI is InChI=1S/C10H21N3O2S/c1-2-11-10-4-3-7-13(8-10)16(14,15)12-9-5-6-9/h9-12H,2-8H2,1H3. The lowest BCUT2D eigenvalue weighted by Crippen LogP contribution is -2.51. The van der Waals surface area contributed by atoms with Crippen molar-refractivity contribution in [2.24, 2.45) is 0 Å². The molecule has 2 aliphatic rings. The summed E-state index contributed by atoms with van der Waals surface area (Å²) in [7, 11) is -3.23. The molecule has 1 heterocycles. The van der Waals surface area contributed by atoms with Gasteiger partial charge in [0.25, 0.3) is 10.2 Å². The van der Waals surface area contributed by atoms with Crippen LogP contribution in [0, 0.1) is 0 Å². The Kier molecular flexibility index (Phi) is 3.84. The van der Waals surface area contributed by atoms with Gasteiger partial charge in [-0.3, -0.25) is 0 Å². The van der Waals surface area contributed by atoms with E-state index in [0.29, 0.717) is 19.1 Å². The summed E-state index contributed by atoms with van der Waals surface area (Å²) >= 11 is 0. The highest BCUT2D eigenvalue weighted by atomic mass is 32.2. The summed E-state index contributed by atoms with van der Waals surface area (Å²) in [6, 6.07) is 0.513. The fourth-order valence-electron chi connectivity index (χ4n) is 2.10. The lowest BCUT2D eigenvalue weighted by molar-refractivity contribution is 0.283. The lowest BCUT2D eigenvalue weighted by Gasteiger charge is -2.32. The molecule has 0 aromatic rings. The van der Waals surface area contributed by atoms with Crippen LogP contribution in [0.4, 0.5) is 0 Å². The Balaban J connectivity index is 1.91. The van der Waals surface area contributed by atoms with E-state index >= 15 is 0 Å². The van der Waals surface area contributed by atoms with E-state index in [4.69, 9.17) is 0 Å². The summed E-state index contributed by atoms with van der Waals surface area (Å²) in [5.74, 6) is 0. The molecule has 0 radical (unpaired) electrons. The predicted octanol–water partition coefficient (Wildman–Crippen LogP) is 0.0571. The monoisotopic (exact) mass is 247 g/mol. The highest BCUT2D eigenvalue weighted by molar-refractivity contribution is 7.87. The molecule has 0 spiro atoms. The van der Waals surface area contributed by atoms with Crippen molar-refractivity contribution in [3.05, 3.63) is 0 Å². The Hall–Kier alpha value is -0.170. The second-order valence-corrected chi connectivity index (χ2v) is 6.35. The lowest BCUT2D eigenvalue weighted by atomic mass is 10.1. The highest BCUT2D eigenvalue weighted by Gasteiger charge is 2.33. The van der Waals surface area contributed by atoms with Crippen LogP contribution < -0.4 is 10.0 Å². The van der Waals surface area contributed by atoms with Gasteiger partial charge in [-0.1, -0.05) is 6.92 Å². The van der Waals surface area contributed by atoms with Crippen molar-refractivity contribution in [2.45, 2.75) is 44.7 Å². The van der Waals surface area contributed by atoms with Crippen molar-refractivity contribution in [3.8, 4) is 0 Å². The van der Waals surface area contributed by atoms with Crippen LogP contribution in [0.3, 0.4) is 0 Å². The number of piperidine rings is 1. The summed E-state index contributed by atoms with van der Waals surface area (Å²) in [6.45, 7) is 4.21. The molecule has 2 N–H and O–H groups in total. The number of nitrogens with one attached hydrogen (secondary N) is 2. The number of nitrogens with zero attached hydrogens (tertiary/aromatic N) is 1. The zero-order chi connectivity index (χ0) is 11.6. The van der Waals surface area contributed by atoms with E-state index in [1.165, 1.54) is 0 Å². The van der Waals surface area contributed by atoms with Crippen molar-refractivity contribution in [2.75, 3.05) is 19.6 Å². The second kappa shape index (κ2) is 5.00. The van der Waals surface area contributed by atoms with Crippen molar-refractivity contribution < 1.29 is 8.42 Å². The minimum Gasteiger partial charge on any atom is -0.313 e. The summed E-state index contributed by atoms with van der Waals surface area (Å²) < 4.78 is 28.3. The van der Waals surface area contributed by atoms with E-state index in [1.54, 1.807) is 4.31 Å². The van der Waals surface area contributed by atoms with E-state index in [0.717, 1.165) is 32.2 Å². The Bertz CT molecular complexity index is 325. The van der Waals surface area contributed by atoms with Gasteiger partial charge in [0.1, 0.15) is 0 Å². The van der Waals surface area contributed by atoms with Gasteiger partial charge in [0.15, 0.2) is 0 Å². The van der Waals surface area contributed by atoms with Crippen LogP contribution in [0.25, 0.3) is 0 Å². The number of hydrogen-bond acceptors (Lipinski definition) is 3. The molecular formula is C10H21N3O2S. The van der Waals surface area contributed by atoms with Gasteiger partial charge < -0.3 is 5.32 Å². The quantitative estimate of drug-likeness (QED) is 0.722. The third-order valence-corrected chi connectivity index (χ3v) is 4.75. The predicted molar refractivity (Wildman–Crippen MR) is 63.3 cm³/mol. The van der Waals surface area contributed by atoms with Gasteiger partial charge in [-0.25, -0.2) is 0 Å². The van der Waals surface area contributed by atoms with Crippen LogP contribution in [0.1, 0.15) is 32.6 Å². The number of hydrogen-bond donors (Lipinski definition) is 2. The van der Waals surface area contributed by atoms with Crippen molar-refractivity contribution in [1.82, 2.24) is 14.3 Å². The van der Waals surface area contributed by atoms with Crippen LogP contribution in [0.2, 0.25) is 0 Å². The SMILES string of the molecule is CCNC1CCCN(S(=O)(=O)NC2CC2)C1. The first kappa shape index (κ1) is 12.3. The summed E-state index contributed by atoms with van der Waals surface area (Å²) in [4.78, 5) is 0. The molecule has 1 atom stereocenters. The maximum Gasteiger partial charge on any atom is 0.279 e. The Morgan fingerprint density at radius 1 is 1.25 bits per heavy atom. The molecule has 0 amide bonds. The molecule has 2 fully saturated rings. The van der Waals surface area contributed by atoms with E-state index in [9.17, 15) is 8.42 Å². The van der Waals surface area contributed by atoms with Crippen LogP contribution in [-0.4, -0.2) is 44.4 Å². The smallest absolute Gasteiger partial charge is 0.279 e.